The van der Waals surface area contributed by atoms with E-state index in [0.29, 0.717) is 0 Å². The number of aliphatic hydroxyl groups excluding tert-OH is 1. The van der Waals surface area contributed by atoms with Crippen LogP contribution in [0.2, 0.25) is 0 Å². The van der Waals surface area contributed by atoms with Gasteiger partial charge < -0.3 is 20.1 Å². The molecule has 1 aliphatic heterocycles. The molecule has 3 rings (SSSR count). The zero-order valence-electron chi connectivity index (χ0n) is 12.8. The summed E-state index contributed by atoms with van der Waals surface area (Å²) >= 11 is 0. The van der Waals surface area contributed by atoms with Crippen LogP contribution in [-0.2, 0) is 4.74 Å². The number of nitrogens with one attached hydrogen (secondary N) is 2. The number of aliphatic hydroxyl groups is 3. The van der Waals surface area contributed by atoms with Crippen molar-refractivity contribution in [2.45, 2.75) is 43.8 Å². The van der Waals surface area contributed by atoms with Crippen LogP contribution in [0.15, 0.2) is 15.9 Å². The van der Waals surface area contributed by atoms with Crippen molar-refractivity contribution in [2.75, 3.05) is 6.61 Å². The SMILES string of the molecule is CC1(CO)OC(n2cnc3c(=O)[nH]c(=O)[nH]c32)C(C)(O)C1(C)O. The molecular weight excluding hydrogens is 308 g/mol. The van der Waals surface area contributed by atoms with E-state index in [9.17, 15) is 24.9 Å². The van der Waals surface area contributed by atoms with Crippen LogP contribution in [-0.4, -0.2) is 58.2 Å². The average Bonchev–Trinajstić information content (AvgIpc) is 2.92. The molecule has 1 fully saturated rings. The Bertz CT molecular complexity index is 878. The lowest BCUT2D eigenvalue weighted by Gasteiger charge is -2.39. The first-order valence-corrected chi connectivity index (χ1v) is 6.98. The first kappa shape index (κ1) is 15.9. The number of fused-ring (bicyclic) bond motifs is 1. The predicted octanol–water partition coefficient (Wildman–Crippen LogP) is -1.81. The summed E-state index contributed by atoms with van der Waals surface area (Å²) in [4.78, 5) is 31.6. The van der Waals surface area contributed by atoms with E-state index in [-0.39, 0.29) is 11.2 Å². The molecule has 1 aliphatic rings. The summed E-state index contributed by atoms with van der Waals surface area (Å²) in [6.07, 6.45) is 0.0332. The topological polar surface area (TPSA) is 153 Å². The molecule has 0 spiro atoms. The van der Waals surface area contributed by atoms with E-state index in [1.165, 1.54) is 31.7 Å². The second-order valence-corrected chi connectivity index (χ2v) is 6.34. The second kappa shape index (κ2) is 4.51. The van der Waals surface area contributed by atoms with Gasteiger partial charge in [0, 0.05) is 0 Å². The molecular formula is C13H18N4O6. The van der Waals surface area contributed by atoms with E-state index < -0.39 is 40.9 Å². The fourth-order valence-electron chi connectivity index (χ4n) is 2.90. The van der Waals surface area contributed by atoms with Gasteiger partial charge in [-0.25, -0.2) is 9.78 Å². The normalized spacial score (nSPS) is 37.6. The fourth-order valence-corrected chi connectivity index (χ4v) is 2.90. The van der Waals surface area contributed by atoms with Crippen molar-refractivity contribution >= 4 is 11.2 Å². The minimum Gasteiger partial charge on any atom is -0.393 e. The molecule has 0 bridgehead atoms. The van der Waals surface area contributed by atoms with Gasteiger partial charge in [0.15, 0.2) is 11.7 Å². The number of imidazole rings is 1. The van der Waals surface area contributed by atoms with Crippen molar-refractivity contribution in [1.82, 2.24) is 19.5 Å². The summed E-state index contributed by atoms with van der Waals surface area (Å²) in [6.45, 7) is 3.60. The number of ether oxygens (including phenoxy) is 1. The van der Waals surface area contributed by atoms with E-state index in [1.54, 1.807) is 0 Å². The Kier molecular flexibility index (Phi) is 3.11. The Balaban J connectivity index is 2.24. The lowest BCUT2D eigenvalue weighted by Crippen LogP contribution is -2.60. The van der Waals surface area contributed by atoms with Gasteiger partial charge in [0.25, 0.3) is 5.56 Å². The Morgan fingerprint density at radius 2 is 1.96 bits per heavy atom. The van der Waals surface area contributed by atoms with Crippen molar-refractivity contribution in [3.05, 3.63) is 27.2 Å². The molecule has 5 N–H and O–H groups in total. The molecule has 10 nitrogen and oxygen atoms in total. The van der Waals surface area contributed by atoms with Crippen LogP contribution in [0.5, 0.6) is 0 Å². The Morgan fingerprint density at radius 1 is 1.30 bits per heavy atom. The van der Waals surface area contributed by atoms with Gasteiger partial charge >= 0.3 is 5.69 Å². The van der Waals surface area contributed by atoms with Gasteiger partial charge in [0.1, 0.15) is 22.5 Å². The number of rotatable bonds is 2. The van der Waals surface area contributed by atoms with Gasteiger partial charge in [-0.1, -0.05) is 0 Å². The molecule has 2 aromatic rings. The lowest BCUT2D eigenvalue weighted by atomic mass is 9.76. The summed E-state index contributed by atoms with van der Waals surface area (Å²) in [5.74, 6) is 0. The number of H-pyrrole nitrogens is 2. The highest BCUT2D eigenvalue weighted by molar-refractivity contribution is 5.69. The van der Waals surface area contributed by atoms with Gasteiger partial charge in [-0.2, -0.15) is 0 Å². The summed E-state index contributed by atoms with van der Waals surface area (Å²) in [7, 11) is 0. The third-order valence-corrected chi connectivity index (χ3v) is 4.89. The first-order valence-electron chi connectivity index (χ1n) is 6.98. The highest BCUT2D eigenvalue weighted by Crippen LogP contribution is 2.51. The van der Waals surface area contributed by atoms with Crippen LogP contribution in [0.25, 0.3) is 11.2 Å². The minimum atomic E-state index is -1.84. The number of aromatic amines is 2. The van der Waals surface area contributed by atoms with E-state index in [2.05, 4.69) is 9.97 Å². The molecule has 2 aromatic heterocycles. The van der Waals surface area contributed by atoms with Crippen LogP contribution in [0.3, 0.4) is 0 Å². The average molecular weight is 326 g/mol. The molecule has 0 aromatic carbocycles. The number of hydrogen-bond donors (Lipinski definition) is 5. The molecule has 0 aliphatic carbocycles. The lowest BCUT2D eigenvalue weighted by molar-refractivity contribution is -0.162. The Hall–Kier alpha value is -2.01. The second-order valence-electron chi connectivity index (χ2n) is 6.34. The summed E-state index contributed by atoms with van der Waals surface area (Å²) in [5, 5.41) is 31.1. The zero-order chi connectivity index (χ0) is 17.2. The standard InChI is InChI=1S/C13H18N4O6/c1-11(4-18)13(3,22)12(2,21)9(23-11)17-5-14-6-7(17)15-10(20)16-8(6)19/h5,9,18,21-22H,4H2,1-3H3,(H2,15,16,19,20). The Morgan fingerprint density at radius 3 is 2.52 bits per heavy atom. The molecule has 23 heavy (non-hydrogen) atoms. The molecule has 0 radical (unpaired) electrons. The maximum absolute atomic E-state index is 11.8. The van der Waals surface area contributed by atoms with Crippen molar-refractivity contribution in [3.8, 4) is 0 Å². The van der Waals surface area contributed by atoms with Crippen molar-refractivity contribution < 1.29 is 20.1 Å². The molecule has 0 saturated carbocycles. The largest absolute Gasteiger partial charge is 0.393 e. The third-order valence-electron chi connectivity index (χ3n) is 4.89. The highest BCUT2D eigenvalue weighted by Gasteiger charge is 2.67. The van der Waals surface area contributed by atoms with Gasteiger partial charge in [0.2, 0.25) is 0 Å². The monoisotopic (exact) mass is 326 g/mol. The summed E-state index contributed by atoms with van der Waals surface area (Å²) < 4.78 is 6.95. The van der Waals surface area contributed by atoms with E-state index in [4.69, 9.17) is 4.74 Å². The molecule has 10 heteroatoms. The fraction of sp³-hybridized carbons (Fsp3) is 0.615. The maximum Gasteiger partial charge on any atom is 0.327 e. The van der Waals surface area contributed by atoms with Crippen LogP contribution >= 0.6 is 0 Å². The summed E-state index contributed by atoms with van der Waals surface area (Å²) in [6, 6.07) is 0. The zero-order valence-corrected chi connectivity index (χ0v) is 12.8. The van der Waals surface area contributed by atoms with E-state index >= 15 is 0 Å². The number of aromatic nitrogens is 4. The van der Waals surface area contributed by atoms with Gasteiger partial charge in [-0.05, 0) is 20.8 Å². The van der Waals surface area contributed by atoms with Crippen LogP contribution in [0.1, 0.15) is 27.0 Å². The first-order chi connectivity index (χ1) is 10.5. The van der Waals surface area contributed by atoms with Crippen molar-refractivity contribution in [2.24, 2.45) is 0 Å². The molecule has 1 saturated heterocycles. The third kappa shape index (κ3) is 1.86. The van der Waals surface area contributed by atoms with Gasteiger partial charge in [-0.15, -0.1) is 0 Å². The maximum atomic E-state index is 11.8. The van der Waals surface area contributed by atoms with E-state index in [0.717, 1.165) is 0 Å². The van der Waals surface area contributed by atoms with Gasteiger partial charge in [0.05, 0.1) is 12.9 Å². The quantitative estimate of drug-likeness (QED) is 0.436. The van der Waals surface area contributed by atoms with Crippen LogP contribution in [0, 0.1) is 0 Å². The summed E-state index contributed by atoms with van der Waals surface area (Å²) in [5.41, 5.74) is -6.52. The van der Waals surface area contributed by atoms with Crippen LogP contribution in [0.4, 0.5) is 0 Å². The highest BCUT2D eigenvalue weighted by atomic mass is 16.6. The molecule has 3 heterocycles. The molecule has 0 amide bonds. The van der Waals surface area contributed by atoms with Crippen LogP contribution < -0.4 is 11.2 Å². The smallest absolute Gasteiger partial charge is 0.327 e. The van der Waals surface area contributed by atoms with E-state index in [1.807, 2.05) is 4.98 Å². The van der Waals surface area contributed by atoms with Gasteiger partial charge in [-0.3, -0.25) is 19.3 Å². The number of hydrogen-bond acceptors (Lipinski definition) is 7. The molecule has 4 unspecified atom stereocenters. The number of nitrogens with zero attached hydrogens (tertiary/aromatic N) is 2. The minimum absolute atomic E-state index is 0.0405. The van der Waals surface area contributed by atoms with Crippen molar-refractivity contribution in [1.29, 1.82) is 0 Å². The molecule has 4 atom stereocenters. The van der Waals surface area contributed by atoms with Crippen molar-refractivity contribution in [3.63, 3.8) is 0 Å². The predicted molar refractivity (Wildman–Crippen MR) is 77.8 cm³/mol. The Labute approximate surface area is 129 Å². The molecule has 126 valence electrons.